The molecule has 2 aromatic carbocycles. The molecule has 1 aliphatic rings. The highest BCUT2D eigenvalue weighted by atomic mass is 16.5. The Morgan fingerprint density at radius 1 is 0.909 bits per heavy atom. The maximum absolute atomic E-state index is 12.9. The number of carbonyl (C=O) groups is 1. The van der Waals surface area contributed by atoms with Crippen molar-refractivity contribution >= 4 is 5.91 Å². The van der Waals surface area contributed by atoms with E-state index >= 15 is 0 Å². The lowest BCUT2D eigenvalue weighted by Gasteiger charge is -2.36. The first kappa shape index (κ1) is 21.1. The Hall–Kier alpha value is -3.78. The molecule has 8 heteroatoms. The van der Waals surface area contributed by atoms with Crippen molar-refractivity contribution < 1.29 is 13.8 Å². The Balaban J connectivity index is 1.20. The second-order valence-electron chi connectivity index (χ2n) is 8.27. The minimum atomic E-state index is -0.142. The minimum absolute atomic E-state index is 0.0380. The maximum atomic E-state index is 12.9. The SMILES string of the molecule is Cc1ccc(-c2noc(C(C)N3CCN(C(=O)c4cc(-c5ccccc5)no4)CC3)n2)cc1. The summed E-state index contributed by atoms with van der Waals surface area (Å²) in [6.45, 7) is 6.67. The lowest BCUT2D eigenvalue weighted by Crippen LogP contribution is -2.49. The predicted molar refractivity (Wildman–Crippen MR) is 122 cm³/mol. The summed E-state index contributed by atoms with van der Waals surface area (Å²) in [6.07, 6.45) is 0. The van der Waals surface area contributed by atoms with Crippen molar-refractivity contribution in [3.63, 3.8) is 0 Å². The molecule has 4 aromatic rings. The molecule has 1 fully saturated rings. The first-order chi connectivity index (χ1) is 16.1. The van der Waals surface area contributed by atoms with Crippen LogP contribution in [0.25, 0.3) is 22.6 Å². The molecule has 0 saturated carbocycles. The number of benzene rings is 2. The standard InChI is InChI=1S/C25H25N5O3/c1-17-8-10-20(11-9-17)23-26-24(33-28-23)18(2)29-12-14-30(15-13-29)25(31)22-16-21(27-32-22)19-6-4-3-5-7-19/h3-11,16,18H,12-15H2,1-2H3. The second-order valence-corrected chi connectivity index (χ2v) is 8.27. The lowest BCUT2D eigenvalue weighted by atomic mass is 10.1. The Kier molecular flexibility index (Phi) is 5.75. The van der Waals surface area contributed by atoms with Gasteiger partial charge in [-0.05, 0) is 13.8 Å². The van der Waals surface area contributed by atoms with Crippen molar-refractivity contribution in [2.24, 2.45) is 0 Å². The maximum Gasteiger partial charge on any atom is 0.292 e. The lowest BCUT2D eigenvalue weighted by molar-refractivity contribution is 0.0516. The number of aryl methyl sites for hydroxylation is 1. The average Bonchev–Trinajstić information content (AvgIpc) is 3.55. The summed E-state index contributed by atoms with van der Waals surface area (Å²) in [6, 6.07) is 19.4. The highest BCUT2D eigenvalue weighted by Crippen LogP contribution is 2.25. The van der Waals surface area contributed by atoms with Crippen LogP contribution >= 0.6 is 0 Å². The van der Waals surface area contributed by atoms with Crippen LogP contribution in [0.2, 0.25) is 0 Å². The van der Waals surface area contributed by atoms with Gasteiger partial charge in [0.25, 0.3) is 5.91 Å². The molecule has 5 rings (SSSR count). The van der Waals surface area contributed by atoms with Gasteiger partial charge in [0.1, 0.15) is 5.69 Å². The zero-order chi connectivity index (χ0) is 22.8. The molecule has 1 amide bonds. The van der Waals surface area contributed by atoms with Gasteiger partial charge in [-0.2, -0.15) is 4.98 Å². The van der Waals surface area contributed by atoms with Crippen molar-refractivity contribution in [1.29, 1.82) is 0 Å². The highest BCUT2D eigenvalue weighted by molar-refractivity contribution is 5.92. The molecule has 3 heterocycles. The van der Waals surface area contributed by atoms with Gasteiger partial charge in [-0.25, -0.2) is 0 Å². The molecule has 1 saturated heterocycles. The molecule has 0 spiro atoms. The van der Waals surface area contributed by atoms with Crippen LogP contribution < -0.4 is 0 Å². The zero-order valence-corrected chi connectivity index (χ0v) is 18.6. The number of hydrogen-bond acceptors (Lipinski definition) is 7. The van der Waals surface area contributed by atoms with E-state index in [0.717, 1.165) is 11.1 Å². The van der Waals surface area contributed by atoms with Gasteiger partial charge in [0.15, 0.2) is 0 Å². The predicted octanol–water partition coefficient (Wildman–Crippen LogP) is 4.22. The van der Waals surface area contributed by atoms with E-state index in [2.05, 4.69) is 20.2 Å². The fourth-order valence-corrected chi connectivity index (χ4v) is 3.97. The molecule has 1 aliphatic heterocycles. The van der Waals surface area contributed by atoms with Crippen molar-refractivity contribution in [2.45, 2.75) is 19.9 Å². The summed E-state index contributed by atoms with van der Waals surface area (Å²) in [7, 11) is 0. The van der Waals surface area contributed by atoms with Gasteiger partial charge in [0.2, 0.25) is 17.5 Å². The van der Waals surface area contributed by atoms with Crippen molar-refractivity contribution in [3.8, 4) is 22.6 Å². The molecule has 33 heavy (non-hydrogen) atoms. The van der Waals surface area contributed by atoms with Gasteiger partial charge >= 0.3 is 0 Å². The molecular weight excluding hydrogens is 418 g/mol. The molecule has 8 nitrogen and oxygen atoms in total. The number of carbonyl (C=O) groups excluding carboxylic acids is 1. The average molecular weight is 444 g/mol. The van der Waals surface area contributed by atoms with E-state index in [-0.39, 0.29) is 17.7 Å². The van der Waals surface area contributed by atoms with Gasteiger partial charge in [0, 0.05) is 43.4 Å². The zero-order valence-electron chi connectivity index (χ0n) is 18.6. The summed E-state index contributed by atoms with van der Waals surface area (Å²) < 4.78 is 10.9. The van der Waals surface area contributed by atoms with Crippen molar-refractivity contribution in [2.75, 3.05) is 26.2 Å². The van der Waals surface area contributed by atoms with Crippen molar-refractivity contribution in [3.05, 3.63) is 77.9 Å². The quantitative estimate of drug-likeness (QED) is 0.456. The summed E-state index contributed by atoms with van der Waals surface area (Å²) in [5, 5.41) is 8.20. The van der Waals surface area contributed by atoms with E-state index in [1.807, 2.05) is 68.4 Å². The number of hydrogen-bond donors (Lipinski definition) is 0. The fourth-order valence-electron chi connectivity index (χ4n) is 3.97. The van der Waals surface area contributed by atoms with E-state index in [9.17, 15) is 4.79 Å². The van der Waals surface area contributed by atoms with E-state index in [1.165, 1.54) is 5.56 Å². The van der Waals surface area contributed by atoms with E-state index in [1.54, 1.807) is 11.0 Å². The smallest absolute Gasteiger partial charge is 0.292 e. The second kappa shape index (κ2) is 8.99. The third-order valence-corrected chi connectivity index (χ3v) is 6.05. The Morgan fingerprint density at radius 3 is 2.36 bits per heavy atom. The normalized spacial score (nSPS) is 15.5. The Bertz CT molecular complexity index is 1220. The van der Waals surface area contributed by atoms with E-state index in [4.69, 9.17) is 9.05 Å². The number of aromatic nitrogens is 3. The first-order valence-corrected chi connectivity index (χ1v) is 11.0. The molecule has 1 unspecified atom stereocenters. The summed E-state index contributed by atoms with van der Waals surface area (Å²) in [5.74, 6) is 1.28. The first-order valence-electron chi connectivity index (χ1n) is 11.0. The van der Waals surface area contributed by atoms with Crippen LogP contribution in [0.4, 0.5) is 0 Å². The topological polar surface area (TPSA) is 88.5 Å². The molecular formula is C25H25N5O3. The third-order valence-electron chi connectivity index (χ3n) is 6.05. The highest BCUT2D eigenvalue weighted by Gasteiger charge is 2.29. The molecule has 0 aliphatic carbocycles. The number of piperazine rings is 1. The van der Waals surface area contributed by atoms with E-state index in [0.29, 0.717) is 43.6 Å². The molecule has 1 atom stereocenters. The minimum Gasteiger partial charge on any atom is -0.350 e. The third kappa shape index (κ3) is 4.42. The monoisotopic (exact) mass is 443 g/mol. The van der Waals surface area contributed by atoms with Crippen LogP contribution in [-0.4, -0.2) is 57.2 Å². The van der Waals surface area contributed by atoms with Crippen LogP contribution in [-0.2, 0) is 0 Å². The summed E-state index contributed by atoms with van der Waals surface area (Å²) in [5.41, 5.74) is 3.69. The van der Waals surface area contributed by atoms with Crippen LogP contribution in [0.1, 0.15) is 35.0 Å². The van der Waals surface area contributed by atoms with Gasteiger partial charge in [0.05, 0.1) is 6.04 Å². The summed E-state index contributed by atoms with van der Waals surface area (Å²) in [4.78, 5) is 21.5. The molecule has 0 N–H and O–H groups in total. The number of rotatable bonds is 5. The van der Waals surface area contributed by atoms with Crippen LogP contribution in [0.15, 0.2) is 69.7 Å². The molecule has 0 radical (unpaired) electrons. The van der Waals surface area contributed by atoms with Crippen LogP contribution in [0, 0.1) is 6.92 Å². The number of nitrogens with zero attached hydrogens (tertiary/aromatic N) is 5. The molecule has 0 bridgehead atoms. The van der Waals surface area contributed by atoms with Crippen molar-refractivity contribution in [1.82, 2.24) is 25.1 Å². The number of amides is 1. The van der Waals surface area contributed by atoms with Gasteiger partial charge in [-0.1, -0.05) is 70.5 Å². The molecule has 2 aromatic heterocycles. The van der Waals surface area contributed by atoms with Gasteiger partial charge in [-0.15, -0.1) is 0 Å². The van der Waals surface area contributed by atoms with Crippen LogP contribution in [0.5, 0.6) is 0 Å². The fraction of sp³-hybridized carbons (Fsp3) is 0.280. The Morgan fingerprint density at radius 2 is 1.64 bits per heavy atom. The van der Waals surface area contributed by atoms with Gasteiger partial charge in [-0.3, -0.25) is 9.69 Å². The van der Waals surface area contributed by atoms with Gasteiger partial charge < -0.3 is 13.9 Å². The largest absolute Gasteiger partial charge is 0.350 e. The van der Waals surface area contributed by atoms with E-state index < -0.39 is 0 Å². The molecule has 168 valence electrons. The Labute approximate surface area is 191 Å². The summed E-state index contributed by atoms with van der Waals surface area (Å²) >= 11 is 0. The van der Waals surface area contributed by atoms with Crippen LogP contribution in [0.3, 0.4) is 0 Å².